The standard InChI is InChI=1S/C43H56FN13O5S/c1-27(2)62-39-38(31(21-45)22-46)48-25-57-41(39)50-42(52-57)49-35-12-10-32(19-34(35)44)63(60,61)56-15-7-8-28(24-56)23-55-17-13-30(20-43(55,3)4)29-9-11-33-36(18-29)53(6)51-40(33)54(26-58)16-14-37(59)47-5/h9-12,18-19,21-22,25-28,30,45H,7-8,13-17,20,23-24,46H2,1-6H3,(H,47,59)(H,49,52)/b31-22+,45-21?. The number of fused-ring (bicyclic) bond motifs is 2. The summed E-state index contributed by atoms with van der Waals surface area (Å²) in [4.78, 5) is 36.5. The number of rotatable bonds is 16. The molecule has 2 aromatic carbocycles. The van der Waals surface area contributed by atoms with Gasteiger partial charge in [0.1, 0.15) is 17.8 Å². The van der Waals surface area contributed by atoms with Crippen molar-refractivity contribution in [3.05, 3.63) is 66.0 Å². The lowest BCUT2D eigenvalue weighted by atomic mass is 9.78. The molecular weight excluding hydrogens is 830 g/mol. The molecule has 2 atom stereocenters. The first-order valence-corrected chi connectivity index (χ1v) is 22.6. The van der Waals surface area contributed by atoms with Crippen LogP contribution in [0.1, 0.15) is 77.0 Å². The number of allylic oxidation sites excluding steroid dienone is 1. The van der Waals surface area contributed by atoms with Crippen LogP contribution in [0.2, 0.25) is 0 Å². The highest BCUT2D eigenvalue weighted by atomic mass is 32.2. The number of hydrogen-bond acceptors (Lipinski definition) is 13. The van der Waals surface area contributed by atoms with Crippen LogP contribution in [-0.2, 0) is 26.7 Å². The number of aromatic nitrogens is 6. The van der Waals surface area contributed by atoms with Gasteiger partial charge in [-0.2, -0.15) is 18.9 Å². The zero-order valence-corrected chi connectivity index (χ0v) is 37.3. The molecule has 5 aromatic rings. The predicted octanol–water partition coefficient (Wildman–Crippen LogP) is 4.79. The Balaban J connectivity index is 0.999. The van der Waals surface area contributed by atoms with Gasteiger partial charge in [-0.3, -0.25) is 24.1 Å². The maximum atomic E-state index is 15.7. The van der Waals surface area contributed by atoms with E-state index in [9.17, 15) is 18.0 Å². The molecule has 0 saturated carbocycles. The Kier molecular flexibility index (Phi) is 13.1. The van der Waals surface area contributed by atoms with E-state index in [-0.39, 0.29) is 70.3 Å². The lowest BCUT2D eigenvalue weighted by molar-refractivity contribution is -0.120. The van der Waals surface area contributed by atoms with Crippen molar-refractivity contribution in [2.24, 2.45) is 18.7 Å². The number of aryl methyl sites for hydroxylation is 1. The van der Waals surface area contributed by atoms with E-state index in [0.717, 1.165) is 55.5 Å². The smallest absolute Gasteiger partial charge is 0.247 e. The zero-order valence-electron chi connectivity index (χ0n) is 36.5. The zero-order chi connectivity index (χ0) is 45.2. The minimum absolute atomic E-state index is 0.0161. The highest BCUT2D eigenvalue weighted by Gasteiger charge is 2.39. The minimum Gasteiger partial charge on any atom is -0.485 e. The van der Waals surface area contributed by atoms with Crippen LogP contribution < -0.4 is 26.0 Å². The molecule has 0 aliphatic carbocycles. The molecule has 0 spiro atoms. The minimum atomic E-state index is -4.01. The summed E-state index contributed by atoms with van der Waals surface area (Å²) in [7, 11) is -0.586. The number of likely N-dealkylation sites (tertiary alicyclic amines) is 1. The van der Waals surface area contributed by atoms with Gasteiger partial charge < -0.3 is 26.5 Å². The Labute approximate surface area is 366 Å². The van der Waals surface area contributed by atoms with E-state index >= 15 is 4.39 Å². The maximum absolute atomic E-state index is 15.7. The summed E-state index contributed by atoms with van der Waals surface area (Å²) < 4.78 is 54.3. The lowest BCUT2D eigenvalue weighted by Crippen LogP contribution is -2.53. The Bertz CT molecular complexity index is 2660. The number of sulfonamides is 1. The fourth-order valence-electron chi connectivity index (χ4n) is 8.72. The van der Waals surface area contributed by atoms with E-state index in [4.69, 9.17) is 15.9 Å². The lowest BCUT2D eigenvalue weighted by Gasteiger charge is -2.48. The fraction of sp³-hybridized carbons (Fsp3) is 0.465. The molecule has 0 bridgehead atoms. The van der Waals surface area contributed by atoms with Crippen molar-refractivity contribution in [3.63, 3.8) is 0 Å². The first-order valence-electron chi connectivity index (χ1n) is 21.1. The molecule has 2 fully saturated rings. The van der Waals surface area contributed by atoms with E-state index in [1.54, 1.807) is 11.7 Å². The average molecular weight is 886 g/mol. The average Bonchev–Trinajstić information content (AvgIpc) is 3.83. The molecule has 0 radical (unpaired) electrons. The quantitative estimate of drug-likeness (QED) is 0.0777. The Hall–Kier alpha value is -5.99. The highest BCUT2D eigenvalue weighted by Crippen LogP contribution is 2.40. The second kappa shape index (κ2) is 18.4. The van der Waals surface area contributed by atoms with Crippen molar-refractivity contribution >= 4 is 68.1 Å². The van der Waals surface area contributed by atoms with E-state index in [0.29, 0.717) is 43.0 Å². The van der Waals surface area contributed by atoms with Crippen LogP contribution in [0.5, 0.6) is 5.75 Å². The van der Waals surface area contributed by atoms with E-state index < -0.39 is 15.8 Å². The van der Waals surface area contributed by atoms with Crippen LogP contribution in [0.15, 0.2) is 53.8 Å². The van der Waals surface area contributed by atoms with Gasteiger partial charge in [0.05, 0.1) is 22.2 Å². The number of hydrogen-bond donors (Lipinski definition) is 4. The van der Waals surface area contributed by atoms with Crippen LogP contribution >= 0.6 is 0 Å². The molecule has 7 rings (SSSR count). The monoisotopic (exact) mass is 885 g/mol. The van der Waals surface area contributed by atoms with Gasteiger partial charge in [0, 0.05) is 75.6 Å². The maximum Gasteiger partial charge on any atom is 0.247 e. The number of anilines is 3. The first kappa shape index (κ1) is 45.0. The number of ether oxygens (including phenoxy) is 1. The van der Waals surface area contributed by atoms with Crippen LogP contribution in [0.4, 0.5) is 21.8 Å². The summed E-state index contributed by atoms with van der Waals surface area (Å²) in [5, 5.41) is 23.0. The van der Waals surface area contributed by atoms with E-state index in [1.807, 2.05) is 27.0 Å². The number of nitrogens with one attached hydrogen (secondary N) is 3. The molecule has 20 heteroatoms. The number of carbonyl (C=O) groups is 2. The van der Waals surface area contributed by atoms with E-state index in [1.165, 1.54) is 43.9 Å². The molecule has 2 amide bonds. The predicted molar refractivity (Wildman–Crippen MR) is 239 cm³/mol. The summed E-state index contributed by atoms with van der Waals surface area (Å²) in [6, 6.07) is 10.1. The number of halogens is 1. The number of carbonyl (C=O) groups excluding carboxylic acids is 2. The van der Waals surface area contributed by atoms with Gasteiger partial charge in [0.15, 0.2) is 11.6 Å². The molecule has 2 saturated heterocycles. The third-order valence-electron chi connectivity index (χ3n) is 12.0. The number of amides is 2. The topological polar surface area (TPSA) is 222 Å². The largest absolute Gasteiger partial charge is 0.485 e. The van der Waals surface area contributed by atoms with Gasteiger partial charge >= 0.3 is 0 Å². The van der Waals surface area contributed by atoms with E-state index in [2.05, 4.69) is 61.7 Å². The van der Waals surface area contributed by atoms with Crippen LogP contribution in [0.25, 0.3) is 22.1 Å². The number of nitrogens with two attached hydrogens (primary N) is 1. The van der Waals surface area contributed by atoms with Gasteiger partial charge in [-0.05, 0) is 108 Å². The van der Waals surface area contributed by atoms with Gasteiger partial charge in [0.2, 0.25) is 33.9 Å². The normalized spacial score (nSPS) is 18.8. The van der Waals surface area contributed by atoms with Crippen molar-refractivity contribution in [3.8, 4) is 5.75 Å². The molecule has 18 nitrogen and oxygen atoms in total. The van der Waals surface area contributed by atoms with Crippen molar-refractivity contribution in [2.75, 3.05) is 50.0 Å². The van der Waals surface area contributed by atoms with Gasteiger partial charge in [-0.25, -0.2) is 17.8 Å². The molecule has 2 aliphatic rings. The summed E-state index contributed by atoms with van der Waals surface area (Å²) >= 11 is 0. The summed E-state index contributed by atoms with van der Waals surface area (Å²) in [5.41, 5.74) is 8.52. The molecule has 336 valence electrons. The molecular formula is C43H56FN13O5S. The highest BCUT2D eigenvalue weighted by molar-refractivity contribution is 7.89. The number of piperidine rings is 2. The fourth-order valence-corrected chi connectivity index (χ4v) is 10.3. The van der Waals surface area contributed by atoms with Gasteiger partial charge in [-0.15, -0.1) is 5.10 Å². The molecule has 2 aliphatic heterocycles. The molecule has 63 heavy (non-hydrogen) atoms. The second-order valence-corrected chi connectivity index (χ2v) is 19.0. The van der Waals surface area contributed by atoms with Crippen molar-refractivity contribution < 1.29 is 27.1 Å². The number of benzene rings is 2. The molecule has 2 unspecified atom stereocenters. The van der Waals surface area contributed by atoms with Crippen LogP contribution in [-0.4, -0.2) is 117 Å². The summed E-state index contributed by atoms with van der Waals surface area (Å²) in [5.74, 6) is 0.243. The van der Waals surface area contributed by atoms with Crippen LogP contribution in [0, 0.1) is 17.1 Å². The third kappa shape index (κ3) is 9.38. The third-order valence-corrected chi connectivity index (χ3v) is 13.9. The van der Waals surface area contributed by atoms with Crippen molar-refractivity contribution in [2.45, 2.75) is 82.3 Å². The Morgan fingerprint density at radius 1 is 1.16 bits per heavy atom. The second-order valence-electron chi connectivity index (χ2n) is 17.1. The summed E-state index contributed by atoms with van der Waals surface area (Å²) in [6.07, 6.45) is 7.70. The molecule has 3 aromatic heterocycles. The number of nitrogens with zero attached hydrogens (tertiary/aromatic N) is 9. The Morgan fingerprint density at radius 3 is 2.63 bits per heavy atom. The Morgan fingerprint density at radius 2 is 1.95 bits per heavy atom. The molecule has 5 heterocycles. The van der Waals surface area contributed by atoms with Gasteiger partial charge in [-0.1, -0.05) is 6.07 Å². The van der Waals surface area contributed by atoms with Crippen molar-refractivity contribution in [1.29, 1.82) is 5.41 Å². The van der Waals surface area contributed by atoms with Gasteiger partial charge in [0.25, 0.3) is 0 Å². The van der Waals surface area contributed by atoms with Crippen molar-refractivity contribution in [1.82, 2.24) is 43.9 Å². The summed E-state index contributed by atoms with van der Waals surface area (Å²) in [6.45, 7) is 10.6. The van der Waals surface area contributed by atoms with Crippen LogP contribution in [0.3, 0.4) is 0 Å². The SMILES string of the molecule is CNC(=O)CCN(C=O)c1nn(C)c2cc(C3CCN(CC4CCCN(S(=O)(=O)c5ccc(Nc6nc7c(OC(C)C)c(/C(C=N)=C/N)ncn7n6)c(F)c5)C4)C(C)(C)C3)ccc12. The molecule has 5 N–H and O–H groups in total. The first-order chi connectivity index (χ1) is 30.1.